The molecule has 1 aliphatic rings. The molecule has 0 aromatic carbocycles. The van der Waals surface area contributed by atoms with Crippen molar-refractivity contribution in [1.82, 2.24) is 15.0 Å². The number of H-pyrrole nitrogens is 1. The van der Waals surface area contributed by atoms with Gasteiger partial charge in [-0.1, -0.05) is 19.3 Å². The summed E-state index contributed by atoms with van der Waals surface area (Å²) in [5.41, 5.74) is 2.52. The van der Waals surface area contributed by atoms with Crippen LogP contribution in [0.15, 0.2) is 12.5 Å². The summed E-state index contributed by atoms with van der Waals surface area (Å²) in [5, 5.41) is 0.925. The van der Waals surface area contributed by atoms with Crippen LogP contribution in [-0.4, -0.2) is 21.2 Å². The van der Waals surface area contributed by atoms with Gasteiger partial charge in [-0.05, 0) is 12.8 Å². The molecule has 1 aliphatic carbocycles. The number of nitrogens with one attached hydrogen (secondary N) is 1. The van der Waals surface area contributed by atoms with Gasteiger partial charge in [-0.25, -0.2) is 9.97 Å². The van der Waals surface area contributed by atoms with Crippen molar-refractivity contribution in [2.75, 3.05) is 0 Å². The lowest BCUT2D eigenvalue weighted by atomic mass is 9.85. The lowest BCUT2D eigenvalue weighted by Gasteiger charge is -2.21. The van der Waals surface area contributed by atoms with Crippen LogP contribution in [0.25, 0.3) is 11.0 Å². The highest BCUT2D eigenvalue weighted by molar-refractivity contribution is 5.97. The third kappa shape index (κ3) is 1.73. The zero-order valence-corrected chi connectivity index (χ0v) is 9.65. The lowest BCUT2D eigenvalue weighted by molar-refractivity contribution is 0.112. The molecule has 2 heterocycles. The van der Waals surface area contributed by atoms with Gasteiger partial charge in [0.1, 0.15) is 12.0 Å². The molecule has 0 atom stereocenters. The molecule has 3 rings (SSSR count). The molecule has 0 radical (unpaired) electrons. The molecule has 0 bridgehead atoms. The van der Waals surface area contributed by atoms with Gasteiger partial charge < -0.3 is 4.98 Å². The van der Waals surface area contributed by atoms with Gasteiger partial charge in [0.25, 0.3) is 0 Å². The number of rotatable bonds is 2. The number of hydrogen-bond donors (Lipinski definition) is 1. The van der Waals surface area contributed by atoms with E-state index in [-0.39, 0.29) is 0 Å². The number of aromatic nitrogens is 3. The van der Waals surface area contributed by atoms with Crippen LogP contribution in [0, 0.1) is 0 Å². The van der Waals surface area contributed by atoms with E-state index in [0.717, 1.165) is 23.0 Å². The number of carbonyl (C=O) groups is 1. The molecule has 17 heavy (non-hydrogen) atoms. The summed E-state index contributed by atoms with van der Waals surface area (Å²) in [4.78, 5) is 22.7. The average Bonchev–Trinajstić information content (AvgIpc) is 2.82. The second-order valence-electron chi connectivity index (χ2n) is 4.68. The van der Waals surface area contributed by atoms with E-state index < -0.39 is 0 Å². The molecular formula is C13H15N3O. The lowest BCUT2D eigenvalue weighted by Crippen LogP contribution is -2.07. The van der Waals surface area contributed by atoms with E-state index in [1.165, 1.54) is 32.1 Å². The first-order valence-corrected chi connectivity index (χ1v) is 6.17. The van der Waals surface area contributed by atoms with Gasteiger partial charge in [0.05, 0.1) is 11.1 Å². The quantitative estimate of drug-likeness (QED) is 0.805. The van der Waals surface area contributed by atoms with Gasteiger partial charge in [-0.15, -0.1) is 0 Å². The maximum Gasteiger partial charge on any atom is 0.152 e. The topological polar surface area (TPSA) is 58.6 Å². The molecule has 1 fully saturated rings. The Bertz CT molecular complexity index is 541. The van der Waals surface area contributed by atoms with Crippen LogP contribution in [0.2, 0.25) is 0 Å². The standard InChI is InChI=1S/C13H15N3O/c17-7-10-6-14-13-11(10)12(15-8-16-13)9-4-2-1-3-5-9/h6-9H,1-5H2,(H,14,15,16). The van der Waals surface area contributed by atoms with E-state index in [4.69, 9.17) is 0 Å². The van der Waals surface area contributed by atoms with E-state index in [1.54, 1.807) is 12.5 Å². The fourth-order valence-corrected chi connectivity index (χ4v) is 2.79. The Morgan fingerprint density at radius 2 is 2.06 bits per heavy atom. The average molecular weight is 229 g/mol. The Kier molecular flexibility index (Phi) is 2.63. The van der Waals surface area contributed by atoms with Crippen LogP contribution in [0.5, 0.6) is 0 Å². The molecule has 0 unspecified atom stereocenters. The van der Waals surface area contributed by atoms with E-state index >= 15 is 0 Å². The van der Waals surface area contributed by atoms with Crippen molar-refractivity contribution >= 4 is 17.3 Å². The fraction of sp³-hybridized carbons (Fsp3) is 0.462. The molecule has 0 aliphatic heterocycles. The van der Waals surface area contributed by atoms with E-state index in [9.17, 15) is 4.79 Å². The second-order valence-corrected chi connectivity index (χ2v) is 4.68. The highest BCUT2D eigenvalue weighted by atomic mass is 16.1. The first-order chi connectivity index (χ1) is 8.40. The predicted octanol–water partition coefficient (Wildman–Crippen LogP) is 2.82. The number of hydrogen-bond acceptors (Lipinski definition) is 3. The third-order valence-corrected chi connectivity index (χ3v) is 3.65. The summed E-state index contributed by atoms with van der Waals surface area (Å²) < 4.78 is 0. The number of aldehydes is 1. The summed E-state index contributed by atoms with van der Waals surface area (Å²) in [6.07, 6.45) is 10.4. The normalized spacial score (nSPS) is 17.4. The van der Waals surface area contributed by atoms with E-state index in [2.05, 4.69) is 15.0 Å². The number of nitrogens with zero attached hydrogens (tertiary/aromatic N) is 2. The van der Waals surface area contributed by atoms with Crippen molar-refractivity contribution in [3.8, 4) is 0 Å². The Hall–Kier alpha value is -1.71. The third-order valence-electron chi connectivity index (χ3n) is 3.65. The van der Waals surface area contributed by atoms with Crippen molar-refractivity contribution in [1.29, 1.82) is 0 Å². The van der Waals surface area contributed by atoms with Crippen LogP contribution in [0.4, 0.5) is 0 Å². The minimum absolute atomic E-state index is 0.490. The number of aromatic amines is 1. The predicted molar refractivity (Wildman–Crippen MR) is 65.1 cm³/mol. The minimum Gasteiger partial charge on any atom is -0.345 e. The first-order valence-electron chi connectivity index (χ1n) is 6.17. The Labute approximate surface area is 99.5 Å². The molecule has 0 spiro atoms. The molecular weight excluding hydrogens is 214 g/mol. The number of fused-ring (bicyclic) bond motifs is 1. The van der Waals surface area contributed by atoms with Crippen LogP contribution in [0.3, 0.4) is 0 Å². The number of carbonyl (C=O) groups excluding carboxylic acids is 1. The van der Waals surface area contributed by atoms with Crippen LogP contribution in [0.1, 0.15) is 54.1 Å². The van der Waals surface area contributed by atoms with Crippen LogP contribution >= 0.6 is 0 Å². The summed E-state index contributed by atoms with van der Waals surface area (Å²) in [6, 6.07) is 0. The first kappa shape index (κ1) is 10.4. The largest absolute Gasteiger partial charge is 0.345 e. The molecule has 2 aromatic heterocycles. The molecule has 4 heteroatoms. The Morgan fingerprint density at radius 1 is 1.24 bits per heavy atom. The minimum atomic E-state index is 0.490. The highest BCUT2D eigenvalue weighted by Gasteiger charge is 2.21. The molecule has 0 saturated heterocycles. The van der Waals surface area contributed by atoms with Gasteiger partial charge in [-0.3, -0.25) is 4.79 Å². The van der Waals surface area contributed by atoms with Gasteiger partial charge in [0.15, 0.2) is 6.29 Å². The molecule has 4 nitrogen and oxygen atoms in total. The summed E-state index contributed by atoms with van der Waals surface area (Å²) in [6.45, 7) is 0. The van der Waals surface area contributed by atoms with E-state index in [0.29, 0.717) is 11.5 Å². The SMILES string of the molecule is O=Cc1c[nH]c2ncnc(C3CCCCC3)c12. The Morgan fingerprint density at radius 3 is 2.82 bits per heavy atom. The van der Waals surface area contributed by atoms with E-state index in [1.807, 2.05) is 0 Å². The molecule has 0 amide bonds. The van der Waals surface area contributed by atoms with Gasteiger partial charge in [-0.2, -0.15) is 0 Å². The molecule has 2 aromatic rings. The van der Waals surface area contributed by atoms with Gasteiger partial charge in [0, 0.05) is 17.7 Å². The van der Waals surface area contributed by atoms with Gasteiger partial charge in [0.2, 0.25) is 0 Å². The summed E-state index contributed by atoms with van der Waals surface area (Å²) in [5.74, 6) is 0.490. The molecule has 1 N–H and O–H groups in total. The van der Waals surface area contributed by atoms with Crippen LogP contribution in [-0.2, 0) is 0 Å². The van der Waals surface area contributed by atoms with Crippen LogP contribution < -0.4 is 0 Å². The van der Waals surface area contributed by atoms with Crippen molar-refractivity contribution in [3.63, 3.8) is 0 Å². The monoisotopic (exact) mass is 229 g/mol. The Balaban J connectivity index is 2.13. The summed E-state index contributed by atoms with van der Waals surface area (Å²) >= 11 is 0. The molecule has 88 valence electrons. The smallest absolute Gasteiger partial charge is 0.152 e. The summed E-state index contributed by atoms with van der Waals surface area (Å²) in [7, 11) is 0. The zero-order valence-electron chi connectivity index (χ0n) is 9.65. The molecule has 1 saturated carbocycles. The fourth-order valence-electron chi connectivity index (χ4n) is 2.79. The van der Waals surface area contributed by atoms with Crippen molar-refractivity contribution in [3.05, 3.63) is 23.8 Å². The van der Waals surface area contributed by atoms with Crippen molar-refractivity contribution < 1.29 is 4.79 Å². The maximum atomic E-state index is 11.0. The zero-order chi connectivity index (χ0) is 11.7. The van der Waals surface area contributed by atoms with Gasteiger partial charge >= 0.3 is 0 Å². The van der Waals surface area contributed by atoms with Crippen molar-refractivity contribution in [2.45, 2.75) is 38.0 Å². The highest BCUT2D eigenvalue weighted by Crippen LogP contribution is 2.35. The maximum absolute atomic E-state index is 11.0. The van der Waals surface area contributed by atoms with Crippen molar-refractivity contribution in [2.24, 2.45) is 0 Å². The second kappa shape index (κ2) is 4.28.